The van der Waals surface area contributed by atoms with E-state index >= 15 is 0 Å². The number of aromatic nitrogens is 2. The number of nitrogens with one attached hydrogen (secondary N) is 2. The van der Waals surface area contributed by atoms with Crippen LogP contribution in [-0.4, -0.2) is 23.6 Å². The predicted octanol–water partition coefficient (Wildman–Crippen LogP) is 3.50. The molecule has 0 atom stereocenters. The molecular weight excluding hydrogens is 271 g/mol. The largest absolute Gasteiger partial charge is 0.494 e. The molecule has 0 fully saturated rings. The van der Waals surface area contributed by atoms with Gasteiger partial charge >= 0.3 is 0 Å². The molecule has 1 aromatic carbocycles. The summed E-state index contributed by atoms with van der Waals surface area (Å²) in [4.78, 5) is 8.70. The first-order valence-corrected chi connectivity index (χ1v) is 6.82. The van der Waals surface area contributed by atoms with Crippen molar-refractivity contribution in [2.45, 2.75) is 20.3 Å². The predicted molar refractivity (Wildman–Crippen MR) is 81.8 cm³/mol. The van der Waals surface area contributed by atoms with E-state index in [1.807, 2.05) is 13.0 Å². The normalized spacial score (nSPS) is 10.3. The lowest BCUT2D eigenvalue weighted by Crippen LogP contribution is -2.07. The van der Waals surface area contributed by atoms with Gasteiger partial charge < -0.3 is 15.4 Å². The average Bonchev–Trinajstić information content (AvgIpc) is 2.46. The van der Waals surface area contributed by atoms with Crippen molar-refractivity contribution in [1.82, 2.24) is 9.97 Å². The molecule has 0 spiro atoms. The van der Waals surface area contributed by atoms with Gasteiger partial charge in [-0.05, 0) is 25.5 Å². The van der Waals surface area contributed by atoms with Crippen LogP contribution >= 0.6 is 0 Å². The summed E-state index contributed by atoms with van der Waals surface area (Å²) in [6.07, 6.45) is 0.992. The van der Waals surface area contributed by atoms with E-state index in [0.717, 1.165) is 18.7 Å². The summed E-state index contributed by atoms with van der Waals surface area (Å²) >= 11 is 0. The Morgan fingerprint density at radius 2 is 2.05 bits per heavy atom. The first kappa shape index (κ1) is 15.0. The van der Waals surface area contributed by atoms with Crippen LogP contribution in [0.3, 0.4) is 0 Å². The zero-order valence-electron chi connectivity index (χ0n) is 12.4. The van der Waals surface area contributed by atoms with Crippen LogP contribution in [-0.2, 0) is 0 Å². The zero-order valence-corrected chi connectivity index (χ0v) is 12.4. The smallest absolute Gasteiger partial charge is 0.224 e. The fraction of sp³-hybridized carbons (Fsp3) is 0.333. The molecule has 21 heavy (non-hydrogen) atoms. The topological polar surface area (TPSA) is 59.1 Å². The quantitative estimate of drug-likeness (QED) is 0.852. The van der Waals surface area contributed by atoms with E-state index in [9.17, 15) is 4.39 Å². The highest BCUT2D eigenvalue weighted by Crippen LogP contribution is 2.28. The van der Waals surface area contributed by atoms with Crippen molar-refractivity contribution in [3.8, 4) is 5.75 Å². The molecule has 0 unspecified atom stereocenters. The maximum absolute atomic E-state index is 13.2. The number of rotatable bonds is 6. The van der Waals surface area contributed by atoms with Crippen LogP contribution in [0.4, 0.5) is 21.8 Å². The van der Waals surface area contributed by atoms with Gasteiger partial charge in [0.1, 0.15) is 17.4 Å². The summed E-state index contributed by atoms with van der Waals surface area (Å²) in [6.45, 7) is 4.78. The van der Waals surface area contributed by atoms with Crippen molar-refractivity contribution in [2.24, 2.45) is 0 Å². The van der Waals surface area contributed by atoms with Crippen molar-refractivity contribution in [2.75, 3.05) is 24.3 Å². The third kappa shape index (κ3) is 4.05. The fourth-order valence-corrected chi connectivity index (χ4v) is 1.85. The molecule has 0 amide bonds. The number of anilines is 3. The number of hydrogen-bond acceptors (Lipinski definition) is 5. The second-order valence-corrected chi connectivity index (χ2v) is 4.61. The summed E-state index contributed by atoms with van der Waals surface area (Å²) in [5, 5.41) is 6.27. The Hall–Kier alpha value is -2.37. The molecule has 0 aliphatic rings. The number of ether oxygens (including phenoxy) is 1. The van der Waals surface area contributed by atoms with Crippen molar-refractivity contribution >= 4 is 17.5 Å². The Labute approximate surface area is 123 Å². The molecule has 6 heteroatoms. The van der Waals surface area contributed by atoms with Crippen molar-refractivity contribution < 1.29 is 9.13 Å². The number of methoxy groups -OCH3 is 1. The van der Waals surface area contributed by atoms with Crippen LogP contribution < -0.4 is 15.4 Å². The minimum absolute atomic E-state index is 0.346. The molecule has 2 rings (SSSR count). The number of hydrogen-bond donors (Lipinski definition) is 2. The molecular formula is C15H19FN4O. The third-order valence-corrected chi connectivity index (χ3v) is 2.81. The van der Waals surface area contributed by atoms with Crippen molar-refractivity contribution in [3.05, 3.63) is 35.8 Å². The molecule has 0 saturated heterocycles. The summed E-state index contributed by atoms with van der Waals surface area (Å²) < 4.78 is 18.4. The summed E-state index contributed by atoms with van der Waals surface area (Å²) in [5.41, 5.74) is 1.49. The summed E-state index contributed by atoms with van der Waals surface area (Å²) in [6, 6.07) is 6.13. The SMILES string of the molecule is CCCNc1nc(C)cc(Nc2ccc(F)cc2OC)n1. The molecule has 0 aliphatic heterocycles. The lowest BCUT2D eigenvalue weighted by atomic mass is 10.2. The Morgan fingerprint density at radius 3 is 2.76 bits per heavy atom. The van der Waals surface area contributed by atoms with Crippen LogP contribution in [0.25, 0.3) is 0 Å². The number of halogens is 1. The van der Waals surface area contributed by atoms with Gasteiger partial charge in [-0.1, -0.05) is 6.92 Å². The first-order valence-electron chi connectivity index (χ1n) is 6.82. The minimum Gasteiger partial charge on any atom is -0.494 e. The van der Waals surface area contributed by atoms with E-state index in [0.29, 0.717) is 23.2 Å². The fourth-order valence-electron chi connectivity index (χ4n) is 1.85. The van der Waals surface area contributed by atoms with E-state index < -0.39 is 0 Å². The number of nitrogens with zero attached hydrogens (tertiary/aromatic N) is 2. The highest BCUT2D eigenvalue weighted by atomic mass is 19.1. The Bertz CT molecular complexity index is 619. The van der Waals surface area contributed by atoms with E-state index in [4.69, 9.17) is 4.74 Å². The van der Waals surface area contributed by atoms with Gasteiger partial charge in [0.05, 0.1) is 12.8 Å². The monoisotopic (exact) mass is 290 g/mol. The van der Waals surface area contributed by atoms with Gasteiger partial charge in [-0.3, -0.25) is 0 Å². The maximum atomic E-state index is 13.2. The van der Waals surface area contributed by atoms with Gasteiger partial charge in [0.15, 0.2) is 0 Å². The molecule has 112 valence electrons. The molecule has 0 aliphatic carbocycles. The molecule has 0 radical (unpaired) electrons. The van der Waals surface area contributed by atoms with Gasteiger partial charge in [0, 0.05) is 24.4 Å². The number of aryl methyl sites for hydroxylation is 1. The molecule has 2 aromatic rings. The van der Waals surface area contributed by atoms with Crippen LogP contribution in [0.5, 0.6) is 5.75 Å². The van der Waals surface area contributed by atoms with Crippen LogP contribution in [0.15, 0.2) is 24.3 Å². The van der Waals surface area contributed by atoms with Gasteiger partial charge in [0.2, 0.25) is 5.95 Å². The van der Waals surface area contributed by atoms with Gasteiger partial charge in [-0.2, -0.15) is 4.98 Å². The molecule has 0 saturated carbocycles. The highest BCUT2D eigenvalue weighted by Gasteiger charge is 2.07. The standard InChI is InChI=1S/C15H19FN4O/c1-4-7-17-15-18-10(2)8-14(20-15)19-12-6-5-11(16)9-13(12)21-3/h5-6,8-9H,4,7H2,1-3H3,(H2,17,18,19,20). The van der Waals surface area contributed by atoms with E-state index in [2.05, 4.69) is 27.5 Å². The van der Waals surface area contributed by atoms with Crippen LogP contribution in [0.2, 0.25) is 0 Å². The van der Waals surface area contributed by atoms with E-state index in [-0.39, 0.29) is 5.82 Å². The second kappa shape index (κ2) is 6.88. The van der Waals surface area contributed by atoms with Gasteiger partial charge in [-0.25, -0.2) is 9.37 Å². The second-order valence-electron chi connectivity index (χ2n) is 4.61. The summed E-state index contributed by atoms with van der Waals surface area (Å²) in [5.74, 6) is 1.28. The van der Waals surface area contributed by atoms with Crippen molar-refractivity contribution in [1.29, 1.82) is 0 Å². The first-order chi connectivity index (χ1) is 10.1. The maximum Gasteiger partial charge on any atom is 0.224 e. The third-order valence-electron chi connectivity index (χ3n) is 2.81. The Balaban J connectivity index is 2.24. The molecule has 1 aromatic heterocycles. The van der Waals surface area contributed by atoms with Gasteiger partial charge in [0.25, 0.3) is 0 Å². The van der Waals surface area contributed by atoms with Crippen LogP contribution in [0, 0.1) is 12.7 Å². The molecule has 1 heterocycles. The summed E-state index contributed by atoms with van der Waals surface area (Å²) in [7, 11) is 1.50. The Morgan fingerprint density at radius 1 is 1.24 bits per heavy atom. The van der Waals surface area contributed by atoms with E-state index in [1.54, 1.807) is 6.07 Å². The highest BCUT2D eigenvalue weighted by molar-refractivity contribution is 5.64. The molecule has 0 bridgehead atoms. The number of benzene rings is 1. The van der Waals surface area contributed by atoms with Crippen LogP contribution in [0.1, 0.15) is 19.0 Å². The lowest BCUT2D eigenvalue weighted by Gasteiger charge is -2.12. The van der Waals surface area contributed by atoms with E-state index in [1.165, 1.54) is 19.2 Å². The van der Waals surface area contributed by atoms with Gasteiger partial charge in [-0.15, -0.1) is 0 Å². The molecule has 5 nitrogen and oxygen atoms in total. The molecule has 2 N–H and O–H groups in total. The van der Waals surface area contributed by atoms with Crippen molar-refractivity contribution in [3.63, 3.8) is 0 Å². The average molecular weight is 290 g/mol. The Kier molecular flexibility index (Phi) is 4.92. The zero-order chi connectivity index (χ0) is 15.2. The lowest BCUT2D eigenvalue weighted by molar-refractivity contribution is 0.413. The minimum atomic E-state index is -0.346.